The molecule has 168 valence electrons. The van der Waals surface area contributed by atoms with Gasteiger partial charge in [0, 0.05) is 12.3 Å². The summed E-state index contributed by atoms with van der Waals surface area (Å²) in [6.45, 7) is 8.46. The smallest absolute Gasteiger partial charge is 0.321 e. The molecule has 0 radical (unpaired) electrons. The highest BCUT2D eigenvalue weighted by Gasteiger charge is 2.67. The maximum Gasteiger partial charge on any atom is 0.321 e. The second kappa shape index (κ2) is 8.28. The summed E-state index contributed by atoms with van der Waals surface area (Å²) in [6, 6.07) is 0. The molecule has 0 heterocycles. The van der Waals surface area contributed by atoms with Crippen LogP contribution in [-0.2, 0) is 4.79 Å². The summed E-state index contributed by atoms with van der Waals surface area (Å²) in [5.41, 5.74) is -0.120. The number of carbonyl (C=O) groups is 1. The summed E-state index contributed by atoms with van der Waals surface area (Å²) >= 11 is 6.05. The van der Waals surface area contributed by atoms with Crippen molar-refractivity contribution in [1.29, 1.82) is 0 Å². The molecule has 4 aliphatic carbocycles. The third-order valence-electron chi connectivity index (χ3n) is 9.53. The van der Waals surface area contributed by atoms with E-state index in [1.165, 1.54) is 6.42 Å². The summed E-state index contributed by atoms with van der Waals surface area (Å²) in [5.74, 6) is -3.65. The zero-order valence-corrected chi connectivity index (χ0v) is 19.3. The van der Waals surface area contributed by atoms with Crippen LogP contribution in [0, 0.1) is 40.4 Å². The van der Waals surface area contributed by atoms with Crippen molar-refractivity contribution < 1.29 is 18.7 Å². The van der Waals surface area contributed by atoms with Gasteiger partial charge in [0.15, 0.2) is 0 Å². The van der Waals surface area contributed by atoms with Crippen molar-refractivity contribution >= 4 is 17.6 Å². The molecule has 4 fully saturated rings. The van der Waals surface area contributed by atoms with E-state index in [9.17, 15) is 9.90 Å². The van der Waals surface area contributed by atoms with Gasteiger partial charge in [-0.15, -0.1) is 11.6 Å². The molecule has 0 bridgehead atoms. The SMILES string of the molecule is CC.CC12CCC3C(C1CCC2CC(Cl)C(=O)O)C(F)(F)CC1CCCCC13C. The van der Waals surface area contributed by atoms with E-state index in [1.807, 2.05) is 13.8 Å². The van der Waals surface area contributed by atoms with Gasteiger partial charge >= 0.3 is 5.97 Å². The lowest BCUT2D eigenvalue weighted by Gasteiger charge is -2.62. The van der Waals surface area contributed by atoms with Gasteiger partial charge in [-0.3, -0.25) is 4.79 Å². The zero-order chi connectivity index (χ0) is 21.6. The second-order valence-corrected chi connectivity index (χ2v) is 11.0. The van der Waals surface area contributed by atoms with E-state index in [0.717, 1.165) is 44.9 Å². The maximum atomic E-state index is 15.5. The van der Waals surface area contributed by atoms with Crippen molar-refractivity contribution in [2.45, 2.75) is 103 Å². The van der Waals surface area contributed by atoms with Gasteiger partial charge in [0.2, 0.25) is 0 Å². The van der Waals surface area contributed by atoms with E-state index >= 15 is 8.78 Å². The quantitative estimate of drug-likeness (QED) is 0.472. The molecule has 1 N–H and O–H groups in total. The monoisotopic (exact) mass is 432 g/mol. The second-order valence-electron chi connectivity index (χ2n) is 10.5. The first kappa shape index (κ1) is 23.3. The van der Waals surface area contributed by atoms with E-state index in [2.05, 4.69) is 13.8 Å². The first-order valence-electron chi connectivity index (χ1n) is 11.8. The molecule has 8 atom stereocenters. The van der Waals surface area contributed by atoms with E-state index in [1.54, 1.807) is 0 Å². The van der Waals surface area contributed by atoms with Gasteiger partial charge in [0.25, 0.3) is 5.92 Å². The minimum Gasteiger partial charge on any atom is -0.480 e. The lowest BCUT2D eigenvalue weighted by atomic mass is 9.44. The van der Waals surface area contributed by atoms with E-state index in [4.69, 9.17) is 11.6 Å². The first-order chi connectivity index (χ1) is 13.6. The highest BCUT2D eigenvalue weighted by molar-refractivity contribution is 6.29. The standard InChI is InChI=1S/C22H33ClF2O2.C2H6/c1-20-9-4-3-5-14(20)12-22(24,25)18-15-7-6-13(11-17(23)19(26)27)21(15,2)10-8-16(18)20;1-2/h13-18H,3-12H2,1-2H3,(H,26,27);1-2H3. The van der Waals surface area contributed by atoms with Crippen LogP contribution in [0.2, 0.25) is 0 Å². The van der Waals surface area contributed by atoms with Crippen molar-refractivity contribution in [3.63, 3.8) is 0 Å². The summed E-state index contributed by atoms with van der Waals surface area (Å²) in [5, 5.41) is 8.30. The van der Waals surface area contributed by atoms with Crippen LogP contribution in [0.5, 0.6) is 0 Å². The van der Waals surface area contributed by atoms with Crippen LogP contribution in [0.1, 0.15) is 91.9 Å². The number of hydrogen-bond donors (Lipinski definition) is 1. The topological polar surface area (TPSA) is 37.3 Å². The Hall–Kier alpha value is -0.380. The van der Waals surface area contributed by atoms with Crippen LogP contribution < -0.4 is 0 Å². The lowest BCUT2D eigenvalue weighted by molar-refractivity contribution is -0.231. The number of alkyl halides is 3. The molecule has 4 rings (SSSR count). The summed E-state index contributed by atoms with van der Waals surface area (Å²) < 4.78 is 31.0. The van der Waals surface area contributed by atoms with Gasteiger partial charge in [-0.25, -0.2) is 8.78 Å². The van der Waals surface area contributed by atoms with Gasteiger partial charge in [0.1, 0.15) is 5.38 Å². The molecular weight excluding hydrogens is 394 g/mol. The van der Waals surface area contributed by atoms with Crippen molar-refractivity contribution in [3.8, 4) is 0 Å². The Kier molecular flexibility index (Phi) is 6.65. The number of halogens is 3. The third kappa shape index (κ3) is 3.74. The Labute approximate surface area is 180 Å². The predicted octanol–water partition coefficient (Wildman–Crippen LogP) is 7.39. The molecular formula is C24H39ClF2O2. The maximum absolute atomic E-state index is 15.5. The molecule has 0 aromatic rings. The van der Waals surface area contributed by atoms with E-state index in [0.29, 0.717) is 6.42 Å². The Morgan fingerprint density at radius 3 is 2.34 bits per heavy atom. The normalized spacial score (nSPS) is 46.4. The number of carboxylic acids is 1. The van der Waals surface area contributed by atoms with Gasteiger partial charge in [-0.05, 0) is 79.4 Å². The van der Waals surface area contributed by atoms with Crippen molar-refractivity contribution in [2.24, 2.45) is 40.4 Å². The molecule has 8 unspecified atom stereocenters. The summed E-state index contributed by atoms with van der Waals surface area (Å²) in [7, 11) is 0. The predicted molar refractivity (Wildman–Crippen MR) is 113 cm³/mol. The van der Waals surface area contributed by atoms with Gasteiger partial charge in [0.05, 0.1) is 0 Å². The number of rotatable bonds is 3. The molecule has 4 saturated carbocycles. The van der Waals surface area contributed by atoms with Crippen molar-refractivity contribution in [2.75, 3.05) is 0 Å². The molecule has 4 aliphatic rings. The molecule has 0 aromatic carbocycles. The molecule has 0 aromatic heterocycles. The van der Waals surface area contributed by atoms with E-state index < -0.39 is 23.2 Å². The fourth-order valence-corrected chi connectivity index (χ4v) is 8.25. The third-order valence-corrected chi connectivity index (χ3v) is 9.90. The Morgan fingerprint density at radius 2 is 1.69 bits per heavy atom. The zero-order valence-electron chi connectivity index (χ0n) is 18.5. The first-order valence-corrected chi connectivity index (χ1v) is 12.3. The number of fused-ring (bicyclic) bond motifs is 5. The number of aliphatic carboxylic acids is 1. The van der Waals surface area contributed by atoms with Gasteiger partial charge in [-0.2, -0.15) is 0 Å². The molecule has 0 saturated heterocycles. The number of hydrogen-bond acceptors (Lipinski definition) is 1. The van der Waals surface area contributed by atoms with Gasteiger partial charge < -0.3 is 5.11 Å². The minimum atomic E-state index is -2.58. The van der Waals surface area contributed by atoms with Crippen LogP contribution in [0.15, 0.2) is 0 Å². The lowest BCUT2D eigenvalue weighted by Crippen LogP contribution is -2.60. The van der Waals surface area contributed by atoms with Gasteiger partial charge in [-0.1, -0.05) is 40.5 Å². The molecule has 29 heavy (non-hydrogen) atoms. The minimum absolute atomic E-state index is 0.00798. The Morgan fingerprint density at radius 1 is 1.03 bits per heavy atom. The molecule has 5 heteroatoms. The molecule has 0 amide bonds. The largest absolute Gasteiger partial charge is 0.480 e. The average molecular weight is 433 g/mol. The molecule has 0 aliphatic heterocycles. The van der Waals surface area contributed by atoms with Crippen LogP contribution in [0.4, 0.5) is 8.78 Å². The summed E-state index contributed by atoms with van der Waals surface area (Å²) in [4.78, 5) is 11.2. The number of carboxylic acid groups (broad SMARTS) is 1. The highest BCUT2D eigenvalue weighted by atomic mass is 35.5. The van der Waals surface area contributed by atoms with E-state index in [-0.39, 0.29) is 40.9 Å². The van der Waals surface area contributed by atoms with Crippen LogP contribution in [-0.4, -0.2) is 22.4 Å². The Bertz CT molecular complexity index is 612. The van der Waals surface area contributed by atoms with Crippen molar-refractivity contribution in [1.82, 2.24) is 0 Å². The molecule has 2 nitrogen and oxygen atoms in total. The Balaban J connectivity index is 0.00000117. The average Bonchev–Trinajstić information content (AvgIpc) is 3.00. The highest BCUT2D eigenvalue weighted by Crippen LogP contribution is 2.70. The van der Waals surface area contributed by atoms with Crippen LogP contribution in [0.3, 0.4) is 0 Å². The molecule has 0 spiro atoms. The van der Waals surface area contributed by atoms with Crippen molar-refractivity contribution in [3.05, 3.63) is 0 Å². The fourth-order valence-electron chi connectivity index (χ4n) is 8.03. The van der Waals surface area contributed by atoms with Crippen LogP contribution >= 0.6 is 11.6 Å². The van der Waals surface area contributed by atoms with Crippen LogP contribution in [0.25, 0.3) is 0 Å². The fraction of sp³-hybridized carbons (Fsp3) is 0.958. The summed E-state index contributed by atoms with van der Waals surface area (Å²) in [6.07, 6.45) is 8.29.